The summed E-state index contributed by atoms with van der Waals surface area (Å²) in [5.41, 5.74) is 4.21. The molecule has 3 aromatic rings. The van der Waals surface area contributed by atoms with Gasteiger partial charge in [0.2, 0.25) is 0 Å². The molecule has 0 fully saturated rings. The number of para-hydroxylation sites is 1. The molecule has 0 aliphatic rings. The van der Waals surface area contributed by atoms with Crippen molar-refractivity contribution in [1.29, 1.82) is 0 Å². The maximum Gasteiger partial charge on any atom is 0.275 e. The molecule has 3 aromatic carbocycles. The number of ether oxygens (including phenoxy) is 1. The number of hydrazone groups is 1. The number of benzene rings is 3. The molecule has 0 aliphatic carbocycles. The maximum atomic E-state index is 12.2. The van der Waals surface area contributed by atoms with E-state index in [1.807, 2.05) is 36.4 Å². The van der Waals surface area contributed by atoms with Crippen LogP contribution in [0.3, 0.4) is 0 Å². The van der Waals surface area contributed by atoms with E-state index in [2.05, 4.69) is 26.5 Å². The minimum absolute atomic E-state index is 0.123. The SMILES string of the molecule is O=C(N/N=C/c1ccccc1OCc1ccc(Cl)cc1)c1cc(Br)ccc1O. The van der Waals surface area contributed by atoms with Crippen LogP contribution in [-0.2, 0) is 6.61 Å². The van der Waals surface area contributed by atoms with Gasteiger partial charge in [-0.3, -0.25) is 4.79 Å². The van der Waals surface area contributed by atoms with E-state index in [-0.39, 0.29) is 11.3 Å². The number of nitrogens with zero attached hydrogens (tertiary/aromatic N) is 1. The van der Waals surface area contributed by atoms with Crippen molar-refractivity contribution in [3.63, 3.8) is 0 Å². The molecule has 5 nitrogen and oxygen atoms in total. The Labute approximate surface area is 175 Å². The molecule has 0 heterocycles. The number of phenols is 1. The Kier molecular flexibility index (Phi) is 6.68. The van der Waals surface area contributed by atoms with Crippen LogP contribution < -0.4 is 10.2 Å². The van der Waals surface area contributed by atoms with E-state index in [9.17, 15) is 9.90 Å². The third-order valence-corrected chi connectivity index (χ3v) is 4.54. The van der Waals surface area contributed by atoms with E-state index < -0.39 is 5.91 Å². The molecule has 28 heavy (non-hydrogen) atoms. The molecule has 0 atom stereocenters. The minimum atomic E-state index is -0.519. The molecular formula is C21H16BrClN2O3. The number of hydrogen-bond acceptors (Lipinski definition) is 4. The van der Waals surface area contributed by atoms with Crippen LogP contribution in [0.1, 0.15) is 21.5 Å². The van der Waals surface area contributed by atoms with E-state index in [1.165, 1.54) is 18.3 Å². The molecule has 0 saturated heterocycles. The smallest absolute Gasteiger partial charge is 0.275 e. The topological polar surface area (TPSA) is 70.9 Å². The van der Waals surface area contributed by atoms with Gasteiger partial charge in [-0.05, 0) is 48.0 Å². The van der Waals surface area contributed by atoms with Gasteiger partial charge in [-0.25, -0.2) is 5.43 Å². The van der Waals surface area contributed by atoms with Crippen molar-refractivity contribution in [2.75, 3.05) is 0 Å². The van der Waals surface area contributed by atoms with Gasteiger partial charge in [0.15, 0.2) is 0 Å². The second kappa shape index (κ2) is 9.39. The Hall–Kier alpha value is -2.83. The highest BCUT2D eigenvalue weighted by atomic mass is 79.9. The van der Waals surface area contributed by atoms with E-state index in [0.29, 0.717) is 27.4 Å². The zero-order valence-electron chi connectivity index (χ0n) is 14.6. The lowest BCUT2D eigenvalue weighted by molar-refractivity contribution is 0.0952. The summed E-state index contributed by atoms with van der Waals surface area (Å²) in [5, 5.41) is 14.4. The quantitative estimate of drug-likeness (QED) is 0.395. The average Bonchev–Trinajstić information content (AvgIpc) is 2.70. The van der Waals surface area contributed by atoms with Crippen molar-refractivity contribution in [2.24, 2.45) is 5.10 Å². The van der Waals surface area contributed by atoms with Crippen molar-refractivity contribution in [3.8, 4) is 11.5 Å². The van der Waals surface area contributed by atoms with E-state index in [0.717, 1.165) is 5.56 Å². The van der Waals surface area contributed by atoms with Crippen molar-refractivity contribution in [2.45, 2.75) is 6.61 Å². The summed E-state index contributed by atoms with van der Waals surface area (Å²) in [4.78, 5) is 12.2. The summed E-state index contributed by atoms with van der Waals surface area (Å²) < 4.78 is 6.53. The number of rotatable bonds is 6. The molecule has 0 aromatic heterocycles. The molecule has 0 saturated carbocycles. The van der Waals surface area contributed by atoms with E-state index >= 15 is 0 Å². The number of hydrogen-bond donors (Lipinski definition) is 2. The Morgan fingerprint density at radius 3 is 2.68 bits per heavy atom. The first-order valence-corrected chi connectivity index (χ1v) is 9.48. The predicted molar refractivity (Wildman–Crippen MR) is 113 cm³/mol. The molecule has 2 N–H and O–H groups in total. The summed E-state index contributed by atoms with van der Waals surface area (Å²) in [6, 6.07) is 19.3. The minimum Gasteiger partial charge on any atom is -0.507 e. The third-order valence-electron chi connectivity index (χ3n) is 3.80. The van der Waals surface area contributed by atoms with Gasteiger partial charge in [0.05, 0.1) is 11.8 Å². The Morgan fingerprint density at radius 2 is 1.89 bits per heavy atom. The Morgan fingerprint density at radius 1 is 1.14 bits per heavy atom. The fourth-order valence-electron chi connectivity index (χ4n) is 2.37. The van der Waals surface area contributed by atoms with Crippen molar-refractivity contribution in [3.05, 3.63) is 92.9 Å². The molecule has 0 unspecified atom stereocenters. The summed E-state index contributed by atoms with van der Waals surface area (Å²) in [6.45, 7) is 0.375. The molecular weight excluding hydrogens is 444 g/mol. The first-order chi connectivity index (χ1) is 13.5. The molecule has 3 rings (SSSR count). The van der Waals surface area contributed by atoms with Crippen LogP contribution in [0, 0.1) is 0 Å². The number of nitrogens with one attached hydrogen (secondary N) is 1. The van der Waals surface area contributed by atoms with Gasteiger partial charge in [-0.1, -0.05) is 51.8 Å². The number of carbonyl (C=O) groups excluding carboxylic acids is 1. The number of aromatic hydroxyl groups is 1. The van der Waals surface area contributed by atoms with Gasteiger partial charge >= 0.3 is 0 Å². The Bertz CT molecular complexity index is 1010. The summed E-state index contributed by atoms with van der Waals surface area (Å²) in [6.07, 6.45) is 1.49. The van der Waals surface area contributed by atoms with Gasteiger partial charge in [0, 0.05) is 15.1 Å². The molecule has 0 radical (unpaired) electrons. The van der Waals surface area contributed by atoms with Crippen LogP contribution in [0.5, 0.6) is 11.5 Å². The second-order valence-corrected chi connectivity index (χ2v) is 7.17. The van der Waals surface area contributed by atoms with Gasteiger partial charge in [0.1, 0.15) is 18.1 Å². The lowest BCUT2D eigenvalue weighted by Crippen LogP contribution is -2.17. The zero-order valence-corrected chi connectivity index (χ0v) is 16.9. The van der Waals surface area contributed by atoms with Gasteiger partial charge < -0.3 is 9.84 Å². The normalized spacial score (nSPS) is 10.8. The van der Waals surface area contributed by atoms with Crippen molar-refractivity contribution >= 4 is 39.7 Å². The third kappa shape index (κ3) is 5.34. The highest BCUT2D eigenvalue weighted by Gasteiger charge is 2.10. The average molecular weight is 460 g/mol. The number of halogens is 2. The van der Waals surface area contributed by atoms with Gasteiger partial charge in [-0.2, -0.15) is 5.10 Å². The van der Waals surface area contributed by atoms with Gasteiger partial charge in [0.25, 0.3) is 5.91 Å². The fraction of sp³-hybridized carbons (Fsp3) is 0.0476. The molecule has 142 valence electrons. The van der Waals surface area contributed by atoms with Crippen LogP contribution in [0.25, 0.3) is 0 Å². The van der Waals surface area contributed by atoms with Crippen LogP contribution in [-0.4, -0.2) is 17.2 Å². The Balaban J connectivity index is 1.66. The standard InChI is InChI=1S/C21H16BrClN2O3/c22-16-7-10-19(26)18(11-16)21(27)25-24-12-15-3-1-2-4-20(15)28-13-14-5-8-17(23)9-6-14/h1-12,26H,13H2,(H,25,27)/b24-12+. The van der Waals surface area contributed by atoms with E-state index in [4.69, 9.17) is 16.3 Å². The van der Waals surface area contributed by atoms with Gasteiger partial charge in [-0.15, -0.1) is 0 Å². The van der Waals surface area contributed by atoms with Crippen molar-refractivity contribution < 1.29 is 14.6 Å². The highest BCUT2D eigenvalue weighted by molar-refractivity contribution is 9.10. The predicted octanol–water partition coefficient (Wildman–Crippen LogP) is 5.15. The summed E-state index contributed by atoms with van der Waals surface area (Å²) >= 11 is 9.15. The second-order valence-electron chi connectivity index (χ2n) is 5.81. The number of amides is 1. The summed E-state index contributed by atoms with van der Waals surface area (Å²) in [7, 11) is 0. The number of phenolic OH excluding ortho intramolecular Hbond substituents is 1. The van der Waals surface area contributed by atoms with Crippen LogP contribution >= 0.6 is 27.5 Å². The zero-order chi connectivity index (χ0) is 19.9. The molecule has 0 aliphatic heterocycles. The van der Waals surface area contributed by atoms with Crippen molar-refractivity contribution in [1.82, 2.24) is 5.43 Å². The van der Waals surface area contributed by atoms with E-state index in [1.54, 1.807) is 18.2 Å². The molecule has 1 amide bonds. The van der Waals surface area contributed by atoms with Crippen LogP contribution in [0.4, 0.5) is 0 Å². The first-order valence-electron chi connectivity index (χ1n) is 8.31. The first kappa shape index (κ1) is 19.9. The lowest BCUT2D eigenvalue weighted by atomic mass is 10.2. The van der Waals surface area contributed by atoms with Crippen LogP contribution in [0.2, 0.25) is 5.02 Å². The number of carbonyl (C=O) groups is 1. The summed E-state index contributed by atoms with van der Waals surface area (Å²) in [5.74, 6) is -0.0158. The molecule has 7 heteroatoms. The lowest BCUT2D eigenvalue weighted by Gasteiger charge is -2.09. The fourth-order valence-corrected chi connectivity index (χ4v) is 2.86. The molecule has 0 bridgehead atoms. The largest absolute Gasteiger partial charge is 0.507 e. The monoisotopic (exact) mass is 458 g/mol. The maximum absolute atomic E-state index is 12.2. The highest BCUT2D eigenvalue weighted by Crippen LogP contribution is 2.22. The van der Waals surface area contributed by atoms with Crippen LogP contribution in [0.15, 0.2) is 76.3 Å². The molecule has 0 spiro atoms.